The van der Waals surface area contributed by atoms with Gasteiger partial charge in [-0.25, -0.2) is 13.6 Å². The van der Waals surface area contributed by atoms with E-state index < -0.39 is 23.8 Å². The van der Waals surface area contributed by atoms with Crippen LogP contribution in [0.4, 0.5) is 13.6 Å². The van der Waals surface area contributed by atoms with Gasteiger partial charge in [-0.3, -0.25) is 4.90 Å². The molecule has 2 fully saturated rings. The lowest BCUT2D eigenvalue weighted by Gasteiger charge is -2.44. The highest BCUT2D eigenvalue weighted by atomic mass is 19.1. The Morgan fingerprint density at radius 2 is 1.53 bits per heavy atom. The van der Waals surface area contributed by atoms with E-state index in [0.29, 0.717) is 12.0 Å². The van der Waals surface area contributed by atoms with E-state index in [0.717, 1.165) is 31.9 Å². The number of piperidine rings is 1. The maximum atomic E-state index is 13.8. The summed E-state index contributed by atoms with van der Waals surface area (Å²) in [6.07, 6.45) is 2.37. The quantitative estimate of drug-likeness (QED) is 0.516. The van der Waals surface area contributed by atoms with Crippen LogP contribution < -0.4 is 5.32 Å². The number of likely N-dealkylation sites (tertiary alicyclic amines) is 1. The third-order valence-electron chi connectivity index (χ3n) is 6.85. The summed E-state index contributed by atoms with van der Waals surface area (Å²) in [5.41, 5.74) is 2.87. The molecule has 3 atom stereocenters. The molecule has 3 aromatic carbocycles. The van der Waals surface area contributed by atoms with Crippen LogP contribution in [0, 0.1) is 11.6 Å². The predicted molar refractivity (Wildman–Crippen MR) is 126 cm³/mol. The van der Waals surface area contributed by atoms with Crippen LogP contribution in [0.25, 0.3) is 0 Å². The van der Waals surface area contributed by atoms with Crippen molar-refractivity contribution < 1.29 is 18.3 Å². The molecule has 0 radical (unpaired) electrons. The van der Waals surface area contributed by atoms with Gasteiger partial charge in [0, 0.05) is 12.1 Å². The molecule has 4 nitrogen and oxygen atoms in total. The van der Waals surface area contributed by atoms with Crippen LogP contribution in [0.3, 0.4) is 0 Å². The average molecular weight is 463 g/mol. The molecule has 0 saturated carbocycles. The number of ether oxygens (including phenoxy) is 1. The number of nitrogens with zero attached hydrogens (tertiary/aromatic N) is 1. The number of nitrogens with one attached hydrogen (secondary N) is 1. The Morgan fingerprint density at radius 1 is 0.912 bits per heavy atom. The Bertz CT molecular complexity index is 1070. The van der Waals surface area contributed by atoms with E-state index in [1.165, 1.54) is 23.3 Å². The van der Waals surface area contributed by atoms with Gasteiger partial charge in [0.25, 0.3) is 0 Å². The number of carbonyl (C=O) groups excluding carboxylic acids is 1. The zero-order valence-electron chi connectivity index (χ0n) is 18.9. The Hall–Kier alpha value is -3.25. The van der Waals surface area contributed by atoms with Gasteiger partial charge in [-0.05, 0) is 54.6 Å². The number of amides is 1. The summed E-state index contributed by atoms with van der Waals surface area (Å²) in [6.45, 7) is 0.870. The molecule has 0 spiro atoms. The smallest absolute Gasteiger partial charge is 0.407 e. The number of rotatable bonds is 6. The minimum Gasteiger partial charge on any atom is -0.442 e. The lowest BCUT2D eigenvalue weighted by molar-refractivity contribution is 0.00920. The van der Waals surface area contributed by atoms with E-state index in [2.05, 4.69) is 34.5 Å². The van der Waals surface area contributed by atoms with Crippen LogP contribution >= 0.6 is 0 Å². The van der Waals surface area contributed by atoms with Crippen LogP contribution in [0.15, 0.2) is 78.9 Å². The minimum absolute atomic E-state index is 0.0132. The molecule has 1 amide bonds. The Labute approximate surface area is 198 Å². The van der Waals surface area contributed by atoms with Gasteiger partial charge in [-0.2, -0.15) is 0 Å². The molecule has 3 aromatic rings. The van der Waals surface area contributed by atoms with Crippen molar-refractivity contribution in [1.29, 1.82) is 0 Å². The van der Waals surface area contributed by atoms with Crippen molar-refractivity contribution in [2.24, 2.45) is 0 Å². The van der Waals surface area contributed by atoms with E-state index in [4.69, 9.17) is 4.74 Å². The number of hydrogen-bond donors (Lipinski definition) is 1. The monoisotopic (exact) mass is 462 g/mol. The van der Waals surface area contributed by atoms with Gasteiger partial charge in [-0.1, -0.05) is 67.1 Å². The lowest BCUT2D eigenvalue weighted by Crippen LogP contribution is -2.53. The molecule has 1 unspecified atom stereocenters. The standard InChI is InChI=1S/C28H28F2N2O2/c29-22-15-19(16-23(30)18-22)17-24-27(34-28(33)31-24)25-13-7-8-14-32(25)26(20-9-3-1-4-10-20)21-11-5-2-6-12-21/h1-6,9-12,15-16,18,24-27H,7-8,13-14,17H2,(H,31,33)/t24-,25?,27-/m0/s1. The third kappa shape index (κ3) is 4.82. The van der Waals surface area contributed by atoms with Crippen molar-refractivity contribution in [3.8, 4) is 0 Å². The van der Waals surface area contributed by atoms with Crippen LogP contribution in [0.2, 0.25) is 0 Å². The van der Waals surface area contributed by atoms with Gasteiger partial charge in [0.2, 0.25) is 0 Å². The van der Waals surface area contributed by atoms with Crippen LogP contribution in [-0.2, 0) is 11.2 Å². The average Bonchev–Trinajstić information content (AvgIpc) is 3.20. The maximum absolute atomic E-state index is 13.8. The van der Waals surface area contributed by atoms with E-state index >= 15 is 0 Å². The van der Waals surface area contributed by atoms with Crippen LogP contribution in [0.5, 0.6) is 0 Å². The Balaban J connectivity index is 1.48. The maximum Gasteiger partial charge on any atom is 0.407 e. The summed E-state index contributed by atoms with van der Waals surface area (Å²) in [5, 5.41) is 2.89. The molecule has 6 heteroatoms. The molecule has 2 aliphatic heterocycles. The fraction of sp³-hybridized carbons (Fsp3) is 0.321. The fourth-order valence-electron chi connectivity index (χ4n) is 5.47. The summed E-state index contributed by atoms with van der Waals surface area (Å²) in [6, 6.07) is 23.8. The molecule has 2 heterocycles. The highest BCUT2D eigenvalue weighted by Crippen LogP contribution is 2.37. The van der Waals surface area contributed by atoms with Crippen molar-refractivity contribution in [3.05, 3.63) is 107 Å². The second-order valence-corrected chi connectivity index (χ2v) is 9.13. The minimum atomic E-state index is -0.621. The largest absolute Gasteiger partial charge is 0.442 e. The van der Waals surface area contributed by atoms with Crippen molar-refractivity contribution in [1.82, 2.24) is 10.2 Å². The molecule has 0 bridgehead atoms. The van der Waals surface area contributed by atoms with E-state index in [9.17, 15) is 13.6 Å². The molecule has 0 aliphatic carbocycles. The Kier molecular flexibility index (Phi) is 6.59. The number of benzene rings is 3. The molecular weight excluding hydrogens is 434 g/mol. The van der Waals surface area contributed by atoms with Crippen LogP contribution in [0.1, 0.15) is 42.0 Å². The SMILES string of the molecule is O=C1N[C@@H](Cc2cc(F)cc(F)c2)[C@@H](C2CCCCN2C(c2ccccc2)c2ccccc2)O1. The molecule has 2 aliphatic rings. The highest BCUT2D eigenvalue weighted by Gasteiger charge is 2.45. The Morgan fingerprint density at radius 3 is 2.15 bits per heavy atom. The fourth-order valence-corrected chi connectivity index (χ4v) is 5.47. The second kappa shape index (κ2) is 9.94. The summed E-state index contributed by atoms with van der Waals surface area (Å²) in [7, 11) is 0. The van der Waals surface area contributed by atoms with Gasteiger partial charge in [0.1, 0.15) is 17.7 Å². The summed E-state index contributed by atoms with van der Waals surface area (Å²) < 4.78 is 33.4. The predicted octanol–water partition coefficient (Wildman–Crippen LogP) is 5.63. The molecule has 1 N–H and O–H groups in total. The highest BCUT2D eigenvalue weighted by molar-refractivity contribution is 5.70. The molecular formula is C28H28F2N2O2. The van der Waals surface area contributed by atoms with Crippen molar-refractivity contribution in [2.45, 2.75) is 49.9 Å². The second-order valence-electron chi connectivity index (χ2n) is 9.13. The normalized spacial score (nSPS) is 23.0. The van der Waals surface area contributed by atoms with Gasteiger partial charge in [0.05, 0.1) is 12.1 Å². The first-order valence-corrected chi connectivity index (χ1v) is 11.9. The third-order valence-corrected chi connectivity index (χ3v) is 6.85. The molecule has 34 heavy (non-hydrogen) atoms. The summed E-state index contributed by atoms with van der Waals surface area (Å²) >= 11 is 0. The van der Waals surface area contributed by atoms with Crippen molar-refractivity contribution in [2.75, 3.05) is 6.54 Å². The molecule has 2 saturated heterocycles. The van der Waals surface area contributed by atoms with Crippen LogP contribution in [-0.4, -0.2) is 35.7 Å². The molecule has 0 aromatic heterocycles. The van der Waals surface area contributed by atoms with E-state index in [1.807, 2.05) is 36.4 Å². The van der Waals surface area contributed by atoms with Gasteiger partial charge in [0.15, 0.2) is 0 Å². The topological polar surface area (TPSA) is 41.6 Å². The van der Waals surface area contributed by atoms with Crippen molar-refractivity contribution >= 4 is 6.09 Å². The number of alkyl carbamates (subject to hydrolysis) is 1. The molecule has 176 valence electrons. The van der Waals surface area contributed by atoms with Crippen molar-refractivity contribution in [3.63, 3.8) is 0 Å². The zero-order valence-corrected chi connectivity index (χ0v) is 18.9. The van der Waals surface area contributed by atoms with Gasteiger partial charge < -0.3 is 10.1 Å². The van der Waals surface area contributed by atoms with Gasteiger partial charge >= 0.3 is 6.09 Å². The molecule has 5 rings (SSSR count). The van der Waals surface area contributed by atoms with Gasteiger partial charge in [-0.15, -0.1) is 0 Å². The first-order chi connectivity index (χ1) is 16.6. The van der Waals surface area contributed by atoms with E-state index in [1.54, 1.807) is 0 Å². The number of hydrogen-bond acceptors (Lipinski definition) is 3. The number of carbonyl (C=O) groups is 1. The summed E-state index contributed by atoms with van der Waals surface area (Å²) in [4.78, 5) is 14.8. The first-order valence-electron chi connectivity index (χ1n) is 11.9. The summed E-state index contributed by atoms with van der Waals surface area (Å²) in [5.74, 6) is -1.24. The zero-order chi connectivity index (χ0) is 23.5. The van der Waals surface area contributed by atoms with E-state index in [-0.39, 0.29) is 18.1 Å². The number of cyclic esters (lactones) is 1. The number of halogens is 2. The lowest BCUT2D eigenvalue weighted by atomic mass is 9.86. The first kappa shape index (κ1) is 22.5.